The summed E-state index contributed by atoms with van der Waals surface area (Å²) >= 11 is 0. The Hall–Kier alpha value is -2.15. The second-order valence-corrected chi connectivity index (χ2v) is 3.28. The Labute approximate surface area is 111 Å². The number of carbonyl (C=O) groups excluding carboxylic acids is 1. The van der Waals surface area contributed by atoms with Gasteiger partial charge in [-0.3, -0.25) is 14.9 Å². The molecule has 19 heavy (non-hydrogen) atoms. The molecule has 0 saturated carbocycles. The molecule has 0 heterocycles. The third-order valence-electron chi connectivity index (χ3n) is 2.08. The van der Waals surface area contributed by atoms with Gasteiger partial charge in [0.15, 0.2) is 0 Å². The summed E-state index contributed by atoms with van der Waals surface area (Å²) in [5.74, 6) is -0.380. The van der Waals surface area contributed by atoms with Gasteiger partial charge in [-0.15, -0.1) is 0 Å². The first-order chi connectivity index (χ1) is 9.06. The fourth-order valence-corrected chi connectivity index (χ4v) is 1.23. The number of anilines is 1. The van der Waals surface area contributed by atoms with Crippen LogP contribution in [0, 0.1) is 10.1 Å². The number of nitrogens with one attached hydrogen (secondary N) is 1. The van der Waals surface area contributed by atoms with Crippen molar-refractivity contribution in [1.82, 2.24) is 5.32 Å². The molecule has 0 unspecified atom stereocenters. The molecule has 1 aromatic carbocycles. The van der Waals surface area contributed by atoms with Crippen LogP contribution in [-0.4, -0.2) is 31.1 Å². The van der Waals surface area contributed by atoms with Gasteiger partial charge in [0.05, 0.1) is 22.8 Å². The van der Waals surface area contributed by atoms with Crippen LogP contribution in [0.1, 0.15) is 24.2 Å². The van der Waals surface area contributed by atoms with E-state index in [1.807, 2.05) is 13.8 Å². The number of hydrogen-bond donors (Lipinski definition) is 2. The Balaban J connectivity index is 0.00000154. The lowest BCUT2D eigenvalue weighted by Crippen LogP contribution is -2.27. The van der Waals surface area contributed by atoms with Crippen LogP contribution in [-0.2, 0) is 4.74 Å². The topological polar surface area (TPSA) is 107 Å². The lowest BCUT2D eigenvalue weighted by atomic mass is 10.1. The minimum absolute atomic E-state index is 0.0779. The number of nitrogens with two attached hydrogens (primary N) is 1. The molecule has 0 bridgehead atoms. The predicted molar refractivity (Wildman–Crippen MR) is 73.1 cm³/mol. The van der Waals surface area contributed by atoms with Crippen molar-refractivity contribution in [2.45, 2.75) is 13.8 Å². The third-order valence-corrected chi connectivity index (χ3v) is 2.08. The van der Waals surface area contributed by atoms with E-state index >= 15 is 0 Å². The monoisotopic (exact) mass is 269 g/mol. The molecule has 1 rings (SSSR count). The van der Waals surface area contributed by atoms with Crippen LogP contribution in [0.2, 0.25) is 0 Å². The van der Waals surface area contributed by atoms with E-state index in [1.54, 1.807) is 0 Å². The maximum atomic E-state index is 11.6. The van der Waals surface area contributed by atoms with Crippen molar-refractivity contribution in [3.63, 3.8) is 0 Å². The van der Waals surface area contributed by atoms with Crippen LogP contribution in [0.3, 0.4) is 0 Å². The number of amides is 1. The standard InChI is InChI=1S/C10H13N3O4.C2H6/c1-17-5-4-12-10(14)8-3-2-7(13(15)16)6-9(8)11;1-2/h2-3,6H,4-5,11H2,1H3,(H,12,14);1-2H3. The molecule has 106 valence electrons. The molecule has 0 aliphatic rings. The molecule has 0 fully saturated rings. The molecule has 0 aliphatic carbocycles. The van der Waals surface area contributed by atoms with Gasteiger partial charge in [0.1, 0.15) is 0 Å². The van der Waals surface area contributed by atoms with Gasteiger partial charge in [-0.25, -0.2) is 0 Å². The summed E-state index contributed by atoms with van der Waals surface area (Å²) in [6.07, 6.45) is 0. The Bertz CT molecular complexity index is 435. The van der Waals surface area contributed by atoms with Gasteiger partial charge in [-0.1, -0.05) is 13.8 Å². The Morgan fingerprint density at radius 1 is 1.47 bits per heavy atom. The highest BCUT2D eigenvalue weighted by molar-refractivity contribution is 5.99. The average molecular weight is 269 g/mol. The highest BCUT2D eigenvalue weighted by Gasteiger charge is 2.13. The predicted octanol–water partition coefficient (Wildman–Crippen LogP) is 1.58. The van der Waals surface area contributed by atoms with E-state index in [2.05, 4.69) is 5.32 Å². The number of non-ortho nitro benzene ring substituents is 1. The van der Waals surface area contributed by atoms with Crippen molar-refractivity contribution in [3.05, 3.63) is 33.9 Å². The fourth-order valence-electron chi connectivity index (χ4n) is 1.23. The third kappa shape index (κ3) is 5.35. The molecule has 0 atom stereocenters. The van der Waals surface area contributed by atoms with Crippen molar-refractivity contribution in [2.75, 3.05) is 26.0 Å². The summed E-state index contributed by atoms with van der Waals surface area (Å²) in [5.41, 5.74) is 5.72. The number of methoxy groups -OCH3 is 1. The first-order valence-electron chi connectivity index (χ1n) is 5.87. The van der Waals surface area contributed by atoms with Crippen LogP contribution in [0.15, 0.2) is 18.2 Å². The molecule has 0 spiro atoms. The molecule has 0 saturated heterocycles. The summed E-state index contributed by atoms with van der Waals surface area (Å²) in [4.78, 5) is 21.5. The average Bonchev–Trinajstić information content (AvgIpc) is 2.41. The Morgan fingerprint density at radius 3 is 2.58 bits per heavy atom. The summed E-state index contributed by atoms with van der Waals surface area (Å²) < 4.78 is 4.77. The normalized spacial score (nSPS) is 9.21. The van der Waals surface area contributed by atoms with Crippen molar-refractivity contribution in [2.24, 2.45) is 0 Å². The Morgan fingerprint density at radius 2 is 2.11 bits per heavy atom. The van der Waals surface area contributed by atoms with E-state index in [-0.39, 0.29) is 22.8 Å². The quantitative estimate of drug-likeness (QED) is 0.365. The molecule has 7 heteroatoms. The van der Waals surface area contributed by atoms with E-state index in [0.29, 0.717) is 13.2 Å². The molecular weight excluding hydrogens is 250 g/mol. The molecule has 0 radical (unpaired) electrons. The Kier molecular flexibility index (Phi) is 7.87. The number of nitrogens with zero attached hydrogens (tertiary/aromatic N) is 1. The van der Waals surface area contributed by atoms with Crippen LogP contribution in [0.25, 0.3) is 0 Å². The minimum atomic E-state index is -0.567. The second kappa shape index (κ2) is 8.87. The molecule has 1 amide bonds. The van der Waals surface area contributed by atoms with Crippen molar-refractivity contribution in [1.29, 1.82) is 0 Å². The van der Waals surface area contributed by atoms with Gasteiger partial charge in [-0.05, 0) is 6.07 Å². The summed E-state index contributed by atoms with van der Waals surface area (Å²) in [7, 11) is 1.52. The van der Waals surface area contributed by atoms with E-state index in [9.17, 15) is 14.9 Å². The van der Waals surface area contributed by atoms with E-state index in [0.717, 1.165) is 6.07 Å². The molecule has 1 aromatic rings. The van der Waals surface area contributed by atoms with Gasteiger partial charge in [0.2, 0.25) is 0 Å². The van der Waals surface area contributed by atoms with Crippen LogP contribution >= 0.6 is 0 Å². The molecule has 0 aromatic heterocycles. The van der Waals surface area contributed by atoms with Crippen LogP contribution in [0.5, 0.6) is 0 Å². The van der Waals surface area contributed by atoms with Crippen molar-refractivity contribution >= 4 is 17.3 Å². The van der Waals surface area contributed by atoms with E-state index in [1.165, 1.54) is 19.2 Å². The van der Waals surface area contributed by atoms with Crippen molar-refractivity contribution in [3.8, 4) is 0 Å². The fraction of sp³-hybridized carbons (Fsp3) is 0.417. The summed E-state index contributed by atoms with van der Waals surface area (Å²) in [6.45, 7) is 4.74. The van der Waals surface area contributed by atoms with E-state index < -0.39 is 4.92 Å². The largest absolute Gasteiger partial charge is 0.398 e. The smallest absolute Gasteiger partial charge is 0.271 e. The number of nitro benzene ring substituents is 1. The van der Waals surface area contributed by atoms with Crippen LogP contribution in [0.4, 0.5) is 11.4 Å². The van der Waals surface area contributed by atoms with Gasteiger partial charge < -0.3 is 15.8 Å². The maximum Gasteiger partial charge on any atom is 0.271 e. The lowest BCUT2D eigenvalue weighted by Gasteiger charge is -2.06. The van der Waals surface area contributed by atoms with E-state index in [4.69, 9.17) is 10.5 Å². The van der Waals surface area contributed by atoms with Gasteiger partial charge in [-0.2, -0.15) is 0 Å². The number of nitrogen functional groups attached to an aromatic ring is 1. The lowest BCUT2D eigenvalue weighted by molar-refractivity contribution is -0.384. The first-order valence-corrected chi connectivity index (χ1v) is 5.87. The van der Waals surface area contributed by atoms with Gasteiger partial charge in [0.25, 0.3) is 11.6 Å². The number of carbonyl (C=O) groups is 1. The second-order valence-electron chi connectivity index (χ2n) is 3.28. The minimum Gasteiger partial charge on any atom is -0.398 e. The number of benzene rings is 1. The highest BCUT2D eigenvalue weighted by Crippen LogP contribution is 2.19. The molecular formula is C12H19N3O4. The zero-order valence-electron chi connectivity index (χ0n) is 11.3. The van der Waals surface area contributed by atoms with Gasteiger partial charge >= 0.3 is 0 Å². The molecule has 0 aliphatic heterocycles. The summed E-state index contributed by atoms with van der Waals surface area (Å²) in [5, 5.41) is 13.1. The number of nitro groups is 1. The maximum absolute atomic E-state index is 11.6. The van der Waals surface area contributed by atoms with Gasteiger partial charge in [0, 0.05) is 25.8 Å². The molecule has 7 nitrogen and oxygen atoms in total. The molecule has 3 N–H and O–H groups in total. The van der Waals surface area contributed by atoms with Crippen molar-refractivity contribution < 1.29 is 14.5 Å². The summed E-state index contributed by atoms with van der Waals surface area (Å²) in [6, 6.07) is 3.72. The first kappa shape index (κ1) is 16.9. The number of ether oxygens (including phenoxy) is 1. The number of rotatable bonds is 5. The highest BCUT2D eigenvalue weighted by atomic mass is 16.6. The van der Waals surface area contributed by atoms with Crippen LogP contribution < -0.4 is 11.1 Å². The zero-order chi connectivity index (χ0) is 14.8. The SMILES string of the molecule is CC.COCCNC(=O)c1ccc([N+](=O)[O-])cc1N. The number of hydrogen-bond acceptors (Lipinski definition) is 5. The zero-order valence-corrected chi connectivity index (χ0v) is 11.3.